The minimum absolute atomic E-state index is 0.209. The second-order valence-electron chi connectivity index (χ2n) is 7.77. The molecule has 0 spiro atoms. The Hall–Kier alpha value is -1.39. The van der Waals surface area contributed by atoms with Crippen LogP contribution in [0.2, 0.25) is 0 Å². The standard InChI is InChI=1S/C20H30N2O2/c1-14(2)13-24-10-8-20(23)22-18-6-5-15(3)11-16(18)17-12-21(4)9-7-19(17)22/h5-6,11,14,17,19H,7-10,12-13H2,1-4H3. The number of carbonyl (C=O) groups excluding carboxylic acids is 1. The van der Waals surface area contributed by atoms with Crippen LogP contribution in [0.1, 0.15) is 43.7 Å². The molecule has 1 saturated heterocycles. The zero-order valence-electron chi connectivity index (χ0n) is 15.4. The molecular formula is C20H30N2O2. The lowest BCUT2D eigenvalue weighted by atomic mass is 9.89. The summed E-state index contributed by atoms with van der Waals surface area (Å²) in [6.45, 7) is 9.72. The van der Waals surface area contributed by atoms with E-state index in [0.717, 1.165) is 31.8 Å². The van der Waals surface area contributed by atoms with Gasteiger partial charge in [0, 0.05) is 30.8 Å². The number of carbonyl (C=O) groups is 1. The zero-order chi connectivity index (χ0) is 17.3. The molecule has 2 aliphatic heterocycles. The van der Waals surface area contributed by atoms with E-state index < -0.39 is 0 Å². The SMILES string of the molecule is Cc1ccc2c(c1)C1CN(C)CCC1N2C(=O)CCOCC(C)C. The van der Waals surface area contributed by atoms with Gasteiger partial charge in [-0.3, -0.25) is 4.79 Å². The van der Waals surface area contributed by atoms with Crippen LogP contribution >= 0.6 is 0 Å². The lowest BCUT2D eigenvalue weighted by Crippen LogP contribution is -2.47. The van der Waals surface area contributed by atoms with Gasteiger partial charge in [0.1, 0.15) is 0 Å². The lowest BCUT2D eigenvalue weighted by molar-refractivity contribution is -0.120. The Bertz CT molecular complexity index is 599. The van der Waals surface area contributed by atoms with Gasteiger partial charge in [0.05, 0.1) is 13.0 Å². The highest BCUT2D eigenvalue weighted by molar-refractivity contribution is 5.97. The van der Waals surface area contributed by atoms with Crippen molar-refractivity contribution in [1.82, 2.24) is 4.90 Å². The average Bonchev–Trinajstić information content (AvgIpc) is 2.84. The second-order valence-corrected chi connectivity index (χ2v) is 7.77. The highest BCUT2D eigenvalue weighted by Crippen LogP contribution is 2.45. The van der Waals surface area contributed by atoms with E-state index in [-0.39, 0.29) is 5.91 Å². The molecule has 1 aromatic rings. The van der Waals surface area contributed by atoms with Crippen LogP contribution in [-0.2, 0) is 9.53 Å². The molecule has 3 rings (SSSR count). The summed E-state index contributed by atoms with van der Waals surface area (Å²) in [6.07, 6.45) is 1.52. The number of hydrogen-bond donors (Lipinski definition) is 0. The van der Waals surface area contributed by atoms with Crippen molar-refractivity contribution in [3.05, 3.63) is 29.3 Å². The first-order valence-electron chi connectivity index (χ1n) is 9.16. The molecule has 4 heteroatoms. The molecule has 1 fully saturated rings. The van der Waals surface area contributed by atoms with Crippen molar-refractivity contribution < 1.29 is 9.53 Å². The van der Waals surface area contributed by atoms with Gasteiger partial charge in [0.15, 0.2) is 0 Å². The van der Waals surface area contributed by atoms with E-state index in [4.69, 9.17) is 4.74 Å². The Morgan fingerprint density at radius 1 is 1.38 bits per heavy atom. The van der Waals surface area contributed by atoms with Crippen molar-refractivity contribution in [2.75, 3.05) is 38.3 Å². The first kappa shape index (κ1) is 17.4. The molecule has 0 saturated carbocycles. The normalized spacial score (nSPS) is 23.5. The number of nitrogens with zero attached hydrogens (tertiary/aromatic N) is 2. The number of rotatable bonds is 5. The molecule has 1 amide bonds. The number of likely N-dealkylation sites (tertiary alicyclic amines) is 1. The number of ether oxygens (including phenoxy) is 1. The summed E-state index contributed by atoms with van der Waals surface area (Å²) in [6, 6.07) is 6.84. The largest absolute Gasteiger partial charge is 0.381 e. The number of aryl methyl sites for hydroxylation is 1. The third-order valence-electron chi connectivity index (χ3n) is 5.13. The minimum atomic E-state index is 0.209. The summed E-state index contributed by atoms with van der Waals surface area (Å²) in [5.74, 6) is 1.16. The van der Waals surface area contributed by atoms with Gasteiger partial charge in [-0.1, -0.05) is 31.5 Å². The third kappa shape index (κ3) is 3.50. The predicted molar refractivity (Wildman–Crippen MR) is 97.6 cm³/mol. The highest BCUT2D eigenvalue weighted by Gasteiger charge is 2.43. The first-order chi connectivity index (χ1) is 11.5. The quantitative estimate of drug-likeness (QED) is 0.777. The van der Waals surface area contributed by atoms with Crippen molar-refractivity contribution >= 4 is 11.6 Å². The second kappa shape index (κ2) is 7.24. The Balaban J connectivity index is 1.76. The molecule has 2 heterocycles. The van der Waals surface area contributed by atoms with Gasteiger partial charge in [-0.05, 0) is 44.5 Å². The molecule has 0 aliphatic carbocycles. The number of benzene rings is 1. The number of anilines is 1. The number of hydrogen-bond acceptors (Lipinski definition) is 3. The van der Waals surface area contributed by atoms with Crippen LogP contribution < -0.4 is 4.90 Å². The topological polar surface area (TPSA) is 32.8 Å². The molecule has 2 unspecified atom stereocenters. The van der Waals surface area contributed by atoms with Crippen molar-refractivity contribution in [2.24, 2.45) is 5.92 Å². The van der Waals surface area contributed by atoms with Gasteiger partial charge in [0.2, 0.25) is 5.91 Å². The van der Waals surface area contributed by atoms with Crippen LogP contribution in [0, 0.1) is 12.8 Å². The predicted octanol–water partition coefficient (Wildman–Crippen LogP) is 3.19. The van der Waals surface area contributed by atoms with Crippen LogP contribution in [0.3, 0.4) is 0 Å². The number of piperidine rings is 1. The summed E-state index contributed by atoms with van der Waals surface area (Å²) in [5, 5.41) is 0. The Morgan fingerprint density at radius 3 is 2.92 bits per heavy atom. The summed E-state index contributed by atoms with van der Waals surface area (Å²) < 4.78 is 5.63. The van der Waals surface area contributed by atoms with Gasteiger partial charge in [-0.2, -0.15) is 0 Å². The molecule has 0 bridgehead atoms. The Kier molecular flexibility index (Phi) is 5.26. The van der Waals surface area contributed by atoms with Crippen LogP contribution in [0.4, 0.5) is 5.69 Å². The first-order valence-corrected chi connectivity index (χ1v) is 9.16. The van der Waals surface area contributed by atoms with Crippen molar-refractivity contribution in [3.63, 3.8) is 0 Å². The molecule has 0 radical (unpaired) electrons. The fourth-order valence-corrected chi connectivity index (χ4v) is 4.00. The minimum Gasteiger partial charge on any atom is -0.381 e. The molecule has 132 valence electrons. The van der Waals surface area contributed by atoms with Crippen LogP contribution in [0.5, 0.6) is 0 Å². The molecule has 24 heavy (non-hydrogen) atoms. The van der Waals surface area contributed by atoms with Crippen LogP contribution in [0.15, 0.2) is 18.2 Å². The maximum atomic E-state index is 12.9. The van der Waals surface area contributed by atoms with Crippen LogP contribution in [0.25, 0.3) is 0 Å². The Morgan fingerprint density at radius 2 is 2.17 bits per heavy atom. The van der Waals surface area contributed by atoms with Gasteiger partial charge < -0.3 is 14.5 Å². The maximum Gasteiger partial charge on any atom is 0.229 e. The van der Waals surface area contributed by atoms with Crippen molar-refractivity contribution in [3.8, 4) is 0 Å². The molecule has 2 atom stereocenters. The summed E-state index contributed by atoms with van der Waals surface area (Å²) >= 11 is 0. The smallest absolute Gasteiger partial charge is 0.229 e. The van der Waals surface area contributed by atoms with E-state index in [9.17, 15) is 4.79 Å². The van der Waals surface area contributed by atoms with Crippen molar-refractivity contribution in [1.29, 1.82) is 0 Å². The number of fused-ring (bicyclic) bond motifs is 3. The molecule has 4 nitrogen and oxygen atoms in total. The monoisotopic (exact) mass is 330 g/mol. The van der Waals surface area contributed by atoms with Crippen molar-refractivity contribution in [2.45, 2.75) is 45.6 Å². The summed E-state index contributed by atoms with van der Waals surface area (Å²) in [4.78, 5) is 17.4. The fourth-order valence-electron chi connectivity index (χ4n) is 4.00. The van der Waals surface area contributed by atoms with E-state index in [1.807, 2.05) is 0 Å². The Labute approximate surface area is 145 Å². The van der Waals surface area contributed by atoms with Gasteiger partial charge >= 0.3 is 0 Å². The summed E-state index contributed by atoms with van der Waals surface area (Å²) in [7, 11) is 2.18. The van der Waals surface area contributed by atoms with E-state index >= 15 is 0 Å². The van der Waals surface area contributed by atoms with E-state index in [2.05, 4.69) is 55.8 Å². The highest BCUT2D eigenvalue weighted by atomic mass is 16.5. The van der Waals surface area contributed by atoms with E-state index in [0.29, 0.717) is 30.9 Å². The lowest BCUT2D eigenvalue weighted by Gasteiger charge is -2.36. The third-order valence-corrected chi connectivity index (χ3v) is 5.13. The van der Waals surface area contributed by atoms with Gasteiger partial charge in [-0.25, -0.2) is 0 Å². The van der Waals surface area contributed by atoms with E-state index in [1.54, 1.807) is 0 Å². The molecule has 0 aromatic heterocycles. The molecule has 1 aromatic carbocycles. The number of amides is 1. The average molecular weight is 330 g/mol. The summed E-state index contributed by atoms with van der Waals surface area (Å²) in [5.41, 5.74) is 3.75. The fraction of sp³-hybridized carbons (Fsp3) is 0.650. The molecule has 2 aliphatic rings. The zero-order valence-corrected chi connectivity index (χ0v) is 15.4. The molecular weight excluding hydrogens is 300 g/mol. The van der Waals surface area contributed by atoms with E-state index in [1.165, 1.54) is 11.1 Å². The molecule has 0 N–H and O–H groups in total. The maximum absolute atomic E-state index is 12.9. The van der Waals surface area contributed by atoms with Gasteiger partial charge in [-0.15, -0.1) is 0 Å². The van der Waals surface area contributed by atoms with Gasteiger partial charge in [0.25, 0.3) is 0 Å². The number of likely N-dealkylation sites (N-methyl/N-ethyl adjacent to an activating group) is 1. The van der Waals surface area contributed by atoms with Crippen LogP contribution in [-0.4, -0.2) is 50.2 Å².